The largest absolute Gasteiger partial charge is 0.497 e. The number of amides is 1. The maximum absolute atomic E-state index is 12.4. The van der Waals surface area contributed by atoms with Crippen molar-refractivity contribution in [2.24, 2.45) is 0 Å². The van der Waals surface area contributed by atoms with Gasteiger partial charge in [0, 0.05) is 39.0 Å². The van der Waals surface area contributed by atoms with Crippen LogP contribution in [0.2, 0.25) is 10.0 Å². The minimum atomic E-state index is -0.421. The Morgan fingerprint density at radius 2 is 1.79 bits per heavy atom. The van der Waals surface area contributed by atoms with E-state index in [1.807, 2.05) is 30.3 Å². The molecule has 5 rings (SSSR count). The van der Waals surface area contributed by atoms with Crippen LogP contribution in [-0.2, 0) is 4.79 Å². The Labute approximate surface area is 233 Å². The first kappa shape index (κ1) is 25.5. The average Bonchev–Trinajstić information content (AvgIpc) is 3.54. The number of fused-ring (bicyclic) bond motifs is 1. The zero-order valence-electron chi connectivity index (χ0n) is 19.8. The maximum atomic E-state index is 12.4. The zero-order valence-corrected chi connectivity index (χ0v) is 22.2. The summed E-state index contributed by atoms with van der Waals surface area (Å²) in [6.07, 6.45) is 2.86. The number of halogens is 2. The summed E-state index contributed by atoms with van der Waals surface area (Å²) in [6.45, 7) is 0. The van der Waals surface area contributed by atoms with Crippen LogP contribution >= 0.6 is 35.4 Å². The Morgan fingerprint density at radius 1 is 0.974 bits per heavy atom. The van der Waals surface area contributed by atoms with Gasteiger partial charge in [-0.1, -0.05) is 29.3 Å². The summed E-state index contributed by atoms with van der Waals surface area (Å²) in [5.74, 6) is 1.78. The van der Waals surface area contributed by atoms with Crippen LogP contribution in [0.4, 0.5) is 5.69 Å². The molecule has 2 aromatic heterocycles. The molecule has 1 amide bonds. The number of hydrogen-bond donors (Lipinski definition) is 2. The lowest BCUT2D eigenvalue weighted by Crippen LogP contribution is -2.32. The van der Waals surface area contributed by atoms with Crippen molar-refractivity contribution in [3.8, 4) is 28.5 Å². The van der Waals surface area contributed by atoms with Crippen LogP contribution in [0.1, 0.15) is 5.76 Å². The van der Waals surface area contributed by atoms with Gasteiger partial charge in [-0.2, -0.15) is 0 Å². The normalized spacial score (nSPS) is 11.1. The van der Waals surface area contributed by atoms with E-state index >= 15 is 0 Å². The Kier molecular flexibility index (Phi) is 7.46. The number of carbonyl (C=O) groups is 1. The average molecular weight is 564 g/mol. The molecule has 0 aliphatic carbocycles. The summed E-state index contributed by atoms with van der Waals surface area (Å²) in [7, 11) is 1.60. The molecule has 0 fully saturated rings. The Balaban J connectivity index is 1.21. The molecule has 0 saturated heterocycles. The van der Waals surface area contributed by atoms with E-state index in [-0.39, 0.29) is 5.11 Å². The molecule has 0 unspecified atom stereocenters. The highest BCUT2D eigenvalue weighted by molar-refractivity contribution is 7.80. The summed E-state index contributed by atoms with van der Waals surface area (Å²) in [5, 5.41) is 6.74. The highest BCUT2D eigenvalue weighted by atomic mass is 35.5. The van der Waals surface area contributed by atoms with Gasteiger partial charge in [-0.05, 0) is 79.0 Å². The Bertz CT molecular complexity index is 1670. The van der Waals surface area contributed by atoms with Crippen molar-refractivity contribution in [3.05, 3.63) is 94.7 Å². The van der Waals surface area contributed by atoms with Gasteiger partial charge < -0.3 is 18.9 Å². The number of methoxy groups -OCH3 is 1. The first-order chi connectivity index (χ1) is 18.4. The molecule has 0 radical (unpaired) electrons. The second kappa shape index (κ2) is 11.1. The number of anilines is 1. The Hall–Kier alpha value is -4.11. The number of rotatable bonds is 6. The predicted molar refractivity (Wildman–Crippen MR) is 154 cm³/mol. The van der Waals surface area contributed by atoms with Gasteiger partial charge in [-0.3, -0.25) is 10.1 Å². The number of nitrogens with zero attached hydrogens (tertiary/aromatic N) is 1. The van der Waals surface area contributed by atoms with Crippen molar-refractivity contribution in [3.63, 3.8) is 0 Å². The van der Waals surface area contributed by atoms with Crippen LogP contribution in [0.5, 0.6) is 5.75 Å². The van der Waals surface area contributed by atoms with Crippen molar-refractivity contribution in [1.82, 2.24) is 10.3 Å². The molecular formula is C28H19Cl2N3O4S. The third-order valence-electron chi connectivity index (χ3n) is 5.37. The second-order valence-corrected chi connectivity index (χ2v) is 9.35. The quantitative estimate of drug-likeness (QED) is 0.162. The minimum absolute atomic E-state index is 0.132. The van der Waals surface area contributed by atoms with E-state index in [2.05, 4.69) is 15.6 Å². The number of furan rings is 1. The van der Waals surface area contributed by atoms with E-state index in [4.69, 9.17) is 49.0 Å². The van der Waals surface area contributed by atoms with Crippen molar-refractivity contribution < 1.29 is 18.4 Å². The molecule has 0 aliphatic rings. The van der Waals surface area contributed by atoms with Crippen LogP contribution in [0.3, 0.4) is 0 Å². The minimum Gasteiger partial charge on any atom is -0.497 e. The molecule has 2 N–H and O–H groups in total. The fourth-order valence-corrected chi connectivity index (χ4v) is 4.40. The molecule has 5 aromatic rings. The summed E-state index contributed by atoms with van der Waals surface area (Å²) in [6, 6.07) is 21.4. The van der Waals surface area contributed by atoms with Gasteiger partial charge in [0.25, 0.3) is 0 Å². The van der Waals surface area contributed by atoms with E-state index in [0.29, 0.717) is 50.0 Å². The molecule has 0 atom stereocenters. The highest BCUT2D eigenvalue weighted by Crippen LogP contribution is 2.30. The molecule has 38 heavy (non-hydrogen) atoms. The summed E-state index contributed by atoms with van der Waals surface area (Å²) in [4.78, 5) is 16.9. The van der Waals surface area contributed by atoms with E-state index in [1.165, 1.54) is 12.2 Å². The fourth-order valence-electron chi connectivity index (χ4n) is 3.66. The fraction of sp³-hybridized carbons (Fsp3) is 0.0357. The first-order valence-corrected chi connectivity index (χ1v) is 12.4. The molecule has 190 valence electrons. The first-order valence-electron chi connectivity index (χ1n) is 11.3. The predicted octanol–water partition coefficient (Wildman–Crippen LogP) is 7.60. The molecular weight excluding hydrogens is 545 g/mol. The molecule has 0 aliphatic heterocycles. The van der Waals surface area contributed by atoms with Crippen molar-refractivity contribution in [1.29, 1.82) is 0 Å². The molecule has 0 saturated carbocycles. The van der Waals surface area contributed by atoms with Gasteiger partial charge >= 0.3 is 0 Å². The number of carbonyl (C=O) groups excluding carboxylic acids is 1. The van der Waals surface area contributed by atoms with Crippen LogP contribution in [0.25, 0.3) is 40.0 Å². The van der Waals surface area contributed by atoms with Gasteiger partial charge in [0.1, 0.15) is 22.8 Å². The van der Waals surface area contributed by atoms with Crippen LogP contribution in [0.15, 0.2) is 87.7 Å². The highest BCUT2D eigenvalue weighted by Gasteiger charge is 2.11. The summed E-state index contributed by atoms with van der Waals surface area (Å²) in [5.41, 5.74) is 3.47. The lowest BCUT2D eigenvalue weighted by Gasteiger charge is -2.08. The van der Waals surface area contributed by atoms with Crippen molar-refractivity contribution >= 4 is 69.3 Å². The SMILES string of the molecule is COc1ccc2oc(-c3cccc(NC(=S)NC(=O)/C=C/c4ccc(-c5cc(Cl)cc(Cl)c5)o4)c3)nc2c1. The van der Waals surface area contributed by atoms with Gasteiger partial charge in [0.2, 0.25) is 11.8 Å². The third-order valence-corrected chi connectivity index (χ3v) is 6.01. The molecule has 10 heteroatoms. The second-order valence-electron chi connectivity index (χ2n) is 8.07. The van der Waals surface area contributed by atoms with Crippen LogP contribution in [-0.4, -0.2) is 23.1 Å². The number of hydrogen-bond acceptors (Lipinski definition) is 6. The number of nitrogens with one attached hydrogen (secondary N) is 2. The van der Waals surface area contributed by atoms with Crippen LogP contribution in [0, 0.1) is 0 Å². The number of aromatic nitrogens is 1. The van der Waals surface area contributed by atoms with E-state index in [9.17, 15) is 4.79 Å². The summed E-state index contributed by atoms with van der Waals surface area (Å²) >= 11 is 17.4. The molecule has 0 bridgehead atoms. The maximum Gasteiger partial charge on any atom is 0.250 e. The number of oxazole rings is 1. The summed E-state index contributed by atoms with van der Waals surface area (Å²) < 4.78 is 16.9. The lowest BCUT2D eigenvalue weighted by molar-refractivity contribution is -0.115. The van der Waals surface area contributed by atoms with E-state index < -0.39 is 5.91 Å². The molecule has 7 nitrogen and oxygen atoms in total. The lowest BCUT2D eigenvalue weighted by atomic mass is 10.2. The van der Waals surface area contributed by atoms with Crippen molar-refractivity contribution in [2.45, 2.75) is 0 Å². The van der Waals surface area contributed by atoms with Gasteiger partial charge in [0.15, 0.2) is 10.7 Å². The molecule has 0 spiro atoms. The number of benzene rings is 3. The topological polar surface area (TPSA) is 89.5 Å². The smallest absolute Gasteiger partial charge is 0.250 e. The number of ether oxygens (including phenoxy) is 1. The van der Waals surface area contributed by atoms with Crippen LogP contribution < -0.4 is 15.4 Å². The zero-order chi connectivity index (χ0) is 26.6. The third kappa shape index (κ3) is 6.06. The van der Waals surface area contributed by atoms with Gasteiger partial charge in [-0.25, -0.2) is 4.98 Å². The van der Waals surface area contributed by atoms with Crippen molar-refractivity contribution in [2.75, 3.05) is 12.4 Å². The molecule has 2 heterocycles. The monoisotopic (exact) mass is 563 g/mol. The molecule has 3 aromatic carbocycles. The Morgan fingerprint density at radius 3 is 2.58 bits per heavy atom. The van der Waals surface area contributed by atoms with Gasteiger partial charge in [-0.15, -0.1) is 0 Å². The van der Waals surface area contributed by atoms with Gasteiger partial charge in [0.05, 0.1) is 7.11 Å². The standard InChI is InChI=1S/C28H19Cl2N3O4S/c1-35-22-6-9-25-23(15-22)32-27(37-25)16-3-2-4-20(13-16)31-28(38)33-26(34)10-7-21-5-8-24(36-21)17-11-18(29)14-19(30)12-17/h2-15H,1H3,(H2,31,33,34,38)/b10-7+. The number of thiocarbonyl (C=S) groups is 1. The van der Waals surface area contributed by atoms with E-state index in [0.717, 1.165) is 11.1 Å². The van der Waals surface area contributed by atoms with E-state index in [1.54, 1.807) is 49.6 Å².